The van der Waals surface area contributed by atoms with Crippen LogP contribution in [0.15, 0.2) is 47.8 Å². The number of hydrogen-bond donors (Lipinski definition) is 0. The molecule has 0 radical (unpaired) electrons. The van der Waals surface area contributed by atoms with E-state index in [4.69, 9.17) is 9.47 Å². The van der Waals surface area contributed by atoms with Crippen LogP contribution in [0.3, 0.4) is 0 Å². The van der Waals surface area contributed by atoms with Crippen molar-refractivity contribution < 1.29 is 83.4 Å². The second kappa shape index (κ2) is 38.7. The van der Waals surface area contributed by atoms with Gasteiger partial charge in [-0.25, -0.2) is 18.0 Å². The topological polar surface area (TPSA) is 110 Å². The molecule has 0 aliphatic rings. The maximum absolute atomic E-state index is 12.9. The van der Waals surface area contributed by atoms with E-state index in [1.807, 2.05) is 0 Å². The molecule has 0 aliphatic heterocycles. The first-order valence-electron chi connectivity index (χ1n) is 22.1. The summed E-state index contributed by atoms with van der Waals surface area (Å²) in [5.41, 5.74) is -0.936. The molecule has 0 saturated carbocycles. The molecule has 0 spiro atoms. The Balaban J connectivity index is 0.0000292. The first-order valence-corrected chi connectivity index (χ1v) is 23.5. The minimum Gasteiger partial charge on any atom is -0.744 e. The fraction of sp³-hybridized carbons (Fsp3) is 0.739. The Morgan fingerprint density at radius 1 is 0.509 bits per heavy atom. The third kappa shape index (κ3) is 30.9. The zero-order valence-electron chi connectivity index (χ0n) is 35.4. The zero-order valence-corrected chi connectivity index (χ0v) is 39.4. The van der Waals surface area contributed by atoms with Gasteiger partial charge in [0.05, 0.1) is 28.5 Å². The molecule has 0 atom stereocenters. The third-order valence-electron chi connectivity index (χ3n) is 10.2. The summed E-state index contributed by atoms with van der Waals surface area (Å²) in [4.78, 5) is 25.0. The van der Waals surface area contributed by atoms with Crippen LogP contribution in [-0.2, 0) is 19.6 Å². The summed E-state index contributed by atoms with van der Waals surface area (Å²) in [6.45, 7) is 4.52. The van der Waals surface area contributed by atoms with Gasteiger partial charge in [-0.05, 0) is 50.0 Å². The van der Waals surface area contributed by atoms with Crippen LogP contribution in [0.2, 0.25) is 0 Å². The number of allylic oxidation sites excluding steroid dienone is 2. The van der Waals surface area contributed by atoms with Crippen molar-refractivity contribution in [3.05, 3.63) is 54.0 Å². The summed E-state index contributed by atoms with van der Waals surface area (Å²) in [6.07, 6.45) is 46.0. The molecule has 0 N–H and O–H groups in total. The fourth-order valence-electron chi connectivity index (χ4n) is 6.87. The summed E-state index contributed by atoms with van der Waals surface area (Å²) >= 11 is 0. The van der Waals surface area contributed by atoms with Gasteiger partial charge >= 0.3 is 63.3 Å². The van der Waals surface area contributed by atoms with Crippen LogP contribution in [0.5, 0.6) is 0 Å². The summed E-state index contributed by atoms with van der Waals surface area (Å²) in [5.74, 6) is -2.02. The molecule has 0 aliphatic carbocycles. The van der Waals surface area contributed by atoms with Crippen LogP contribution in [0.4, 0.5) is 0 Å². The second-order valence-electron chi connectivity index (χ2n) is 15.2. The Hall–Kier alpha value is -0.814. The van der Waals surface area contributed by atoms with Gasteiger partial charge in [-0.15, -0.1) is 0 Å². The number of hydrogen-bond acceptors (Lipinski definition) is 7. The molecule has 1 aromatic carbocycles. The summed E-state index contributed by atoms with van der Waals surface area (Å²) in [6, 6.07) is 3.50. The molecule has 310 valence electrons. The first kappa shape index (κ1) is 54.2. The van der Waals surface area contributed by atoms with Gasteiger partial charge in [0, 0.05) is 0 Å². The molecule has 0 fully saturated rings. The van der Waals surface area contributed by atoms with Gasteiger partial charge in [-0.2, -0.15) is 0 Å². The predicted octanol–water partition coefficient (Wildman–Crippen LogP) is 11.5. The average Bonchev–Trinajstić information content (AvgIpc) is 3.16. The maximum Gasteiger partial charge on any atom is 1.00 e. The van der Waals surface area contributed by atoms with Crippen molar-refractivity contribution in [3.63, 3.8) is 0 Å². The number of benzene rings is 1. The van der Waals surface area contributed by atoms with E-state index in [9.17, 15) is 22.6 Å². The minimum atomic E-state index is -5.05. The Morgan fingerprint density at radius 3 is 1.15 bits per heavy atom. The van der Waals surface area contributed by atoms with E-state index < -0.39 is 32.5 Å². The molecule has 0 aromatic heterocycles. The maximum atomic E-state index is 12.9. The van der Waals surface area contributed by atoms with Crippen LogP contribution in [0.1, 0.15) is 240 Å². The smallest absolute Gasteiger partial charge is 0.744 e. The Morgan fingerprint density at radius 2 is 0.818 bits per heavy atom. The van der Waals surface area contributed by atoms with Crippen LogP contribution < -0.4 is 51.4 Å². The summed E-state index contributed by atoms with van der Waals surface area (Å²) < 4.78 is 46.3. The van der Waals surface area contributed by atoms with Crippen molar-refractivity contribution in [3.8, 4) is 0 Å². The van der Waals surface area contributed by atoms with Gasteiger partial charge in [0.25, 0.3) is 0 Å². The quantitative estimate of drug-likeness (QED) is 0.0216. The van der Waals surface area contributed by atoms with Gasteiger partial charge in [0.1, 0.15) is 10.1 Å². The second-order valence-corrected chi connectivity index (χ2v) is 16.5. The van der Waals surface area contributed by atoms with E-state index in [2.05, 4.69) is 13.8 Å². The monoisotopic (exact) mass is 813 g/mol. The van der Waals surface area contributed by atoms with Gasteiger partial charge < -0.3 is 14.0 Å². The van der Waals surface area contributed by atoms with Crippen molar-refractivity contribution in [2.24, 2.45) is 0 Å². The van der Waals surface area contributed by atoms with Crippen LogP contribution >= 0.6 is 0 Å². The molecule has 9 heteroatoms. The van der Waals surface area contributed by atoms with Crippen molar-refractivity contribution in [2.75, 3.05) is 0 Å². The molecule has 0 saturated heterocycles. The van der Waals surface area contributed by atoms with E-state index in [0.29, 0.717) is 6.42 Å². The number of carbonyl (C=O) groups is 2. The van der Waals surface area contributed by atoms with Gasteiger partial charge in [0.2, 0.25) is 0 Å². The minimum absolute atomic E-state index is 0. The predicted molar refractivity (Wildman–Crippen MR) is 223 cm³/mol. The fourth-order valence-corrected chi connectivity index (χ4v) is 7.55. The first-order chi connectivity index (χ1) is 26.3. The van der Waals surface area contributed by atoms with E-state index in [-0.39, 0.29) is 56.9 Å². The van der Waals surface area contributed by atoms with Crippen molar-refractivity contribution >= 4 is 22.1 Å². The Bertz CT molecular complexity index is 1240. The molecule has 0 unspecified atom stereocenters. The molecule has 1 aromatic rings. The molecule has 0 amide bonds. The molecular formula is C46H77KO7S. The van der Waals surface area contributed by atoms with Crippen LogP contribution in [0, 0.1) is 0 Å². The van der Waals surface area contributed by atoms with Crippen LogP contribution in [0.25, 0.3) is 0 Å². The largest absolute Gasteiger partial charge is 1.00 e. The number of esters is 2. The average molecular weight is 813 g/mol. The van der Waals surface area contributed by atoms with Gasteiger partial charge in [-0.1, -0.05) is 200 Å². The summed E-state index contributed by atoms with van der Waals surface area (Å²) in [5, 5.41) is 0. The van der Waals surface area contributed by atoms with E-state index in [1.165, 1.54) is 192 Å². The molecule has 1 rings (SSSR count). The van der Waals surface area contributed by atoms with Crippen molar-refractivity contribution in [1.29, 1.82) is 0 Å². The molecule has 55 heavy (non-hydrogen) atoms. The number of carbonyl (C=O) groups excluding carboxylic acids is 2. The van der Waals surface area contributed by atoms with Crippen molar-refractivity contribution in [1.82, 2.24) is 0 Å². The Labute approximate surface area is 380 Å². The molecular weight excluding hydrogens is 736 g/mol. The Kier molecular flexibility index (Phi) is 38.1. The number of ether oxygens (including phenoxy) is 2. The zero-order chi connectivity index (χ0) is 39.4. The summed E-state index contributed by atoms with van der Waals surface area (Å²) in [7, 11) is -5.05. The van der Waals surface area contributed by atoms with E-state index in [1.54, 1.807) is 12.2 Å². The van der Waals surface area contributed by atoms with E-state index in [0.717, 1.165) is 38.2 Å². The number of rotatable bonds is 37. The third-order valence-corrected chi connectivity index (χ3v) is 11.1. The van der Waals surface area contributed by atoms with Crippen molar-refractivity contribution in [2.45, 2.75) is 224 Å². The molecule has 7 nitrogen and oxygen atoms in total. The number of unbranched alkanes of at least 4 members (excludes halogenated alkanes) is 30. The standard InChI is InChI=1S/C46H78O7S.K/c1-3-5-7-9-11-13-15-17-19-21-23-25-27-29-31-33-35-40-52-45(47)42-38-37-39-43(54(49,50)51)44(42)46(48)53-41-36-34-32-30-28-26-24-22-20-18-16-14-12-10-8-6-4-2;/h35-41H,3-34H2,1-2H3,(H,49,50,51);/q;+1/p-1/b40-35+,41-36+;. The molecule has 0 bridgehead atoms. The normalized spacial score (nSPS) is 11.7. The van der Waals surface area contributed by atoms with Gasteiger partial charge in [0.15, 0.2) is 0 Å². The molecule has 0 heterocycles. The SMILES string of the molecule is CCCCCCCCCCCCCCCCC/C=C/OC(=O)c1cccc(S(=O)(=O)[O-])c1C(=O)O/C=C/CCCCCCCCCCCCCCCCC.[K+]. The van der Waals surface area contributed by atoms with Crippen LogP contribution in [-0.4, -0.2) is 24.9 Å². The van der Waals surface area contributed by atoms with E-state index >= 15 is 0 Å². The van der Waals surface area contributed by atoms with Gasteiger partial charge in [-0.3, -0.25) is 0 Å².